The molecule has 1 aromatic heterocycles. The molecule has 2 N–H and O–H groups in total. The first kappa shape index (κ1) is 19.1. The lowest BCUT2D eigenvalue weighted by molar-refractivity contribution is 0.0949. The van der Waals surface area contributed by atoms with E-state index >= 15 is 0 Å². The van der Waals surface area contributed by atoms with E-state index in [1.165, 1.54) is 37.3 Å². The van der Waals surface area contributed by atoms with Crippen LogP contribution in [0.4, 0.5) is 10.1 Å². The SMILES string of the molecule is O=C(NCCc1ccccc1F)c1cc(NCCC2=CCCCC2)ccn1. The minimum absolute atomic E-state index is 0.245. The Hall–Kier alpha value is -2.69. The third kappa shape index (κ3) is 5.91. The molecule has 1 heterocycles. The van der Waals surface area contributed by atoms with Gasteiger partial charge in [-0.05, 0) is 62.3 Å². The first-order chi connectivity index (χ1) is 13.2. The van der Waals surface area contributed by atoms with Crippen LogP contribution in [0.1, 0.15) is 48.2 Å². The van der Waals surface area contributed by atoms with Gasteiger partial charge in [-0.25, -0.2) is 4.39 Å². The van der Waals surface area contributed by atoms with Crippen LogP contribution in [0, 0.1) is 5.82 Å². The summed E-state index contributed by atoms with van der Waals surface area (Å²) in [6.07, 6.45) is 10.5. The van der Waals surface area contributed by atoms with Gasteiger partial charge in [-0.2, -0.15) is 0 Å². The molecule has 5 heteroatoms. The first-order valence-corrected chi connectivity index (χ1v) is 9.62. The second kappa shape index (κ2) is 9.86. The molecule has 142 valence electrons. The van der Waals surface area contributed by atoms with E-state index in [9.17, 15) is 9.18 Å². The highest BCUT2D eigenvalue weighted by molar-refractivity contribution is 5.93. The average Bonchev–Trinajstić information content (AvgIpc) is 2.70. The molecular formula is C22H26FN3O. The van der Waals surface area contributed by atoms with Gasteiger partial charge in [0.2, 0.25) is 0 Å². The van der Waals surface area contributed by atoms with Crippen LogP contribution in [0.25, 0.3) is 0 Å². The molecule has 0 spiro atoms. The van der Waals surface area contributed by atoms with Gasteiger partial charge < -0.3 is 10.6 Å². The molecule has 1 aromatic carbocycles. The molecule has 0 radical (unpaired) electrons. The van der Waals surface area contributed by atoms with E-state index in [4.69, 9.17) is 0 Å². The lowest BCUT2D eigenvalue weighted by Gasteiger charge is -2.13. The van der Waals surface area contributed by atoms with Crippen molar-refractivity contribution in [1.29, 1.82) is 0 Å². The van der Waals surface area contributed by atoms with Crippen LogP contribution in [0.15, 0.2) is 54.2 Å². The highest BCUT2D eigenvalue weighted by Gasteiger charge is 2.09. The van der Waals surface area contributed by atoms with Gasteiger partial charge in [0.15, 0.2) is 0 Å². The molecule has 0 bridgehead atoms. The molecule has 27 heavy (non-hydrogen) atoms. The van der Waals surface area contributed by atoms with Crippen molar-refractivity contribution < 1.29 is 9.18 Å². The van der Waals surface area contributed by atoms with E-state index in [0.29, 0.717) is 24.2 Å². The Balaban J connectivity index is 1.46. The molecule has 3 rings (SSSR count). The number of anilines is 1. The Morgan fingerprint density at radius 2 is 2.00 bits per heavy atom. The monoisotopic (exact) mass is 367 g/mol. The zero-order valence-corrected chi connectivity index (χ0v) is 15.5. The summed E-state index contributed by atoms with van der Waals surface area (Å²) in [6, 6.07) is 10.2. The predicted octanol–water partition coefficient (Wildman–Crippen LogP) is 4.50. The summed E-state index contributed by atoms with van der Waals surface area (Å²) >= 11 is 0. The van der Waals surface area contributed by atoms with Crippen molar-refractivity contribution in [2.24, 2.45) is 0 Å². The molecule has 0 saturated heterocycles. The third-order valence-corrected chi connectivity index (χ3v) is 4.79. The Morgan fingerprint density at radius 1 is 1.11 bits per heavy atom. The van der Waals surface area contributed by atoms with Crippen LogP contribution in [0.3, 0.4) is 0 Å². The predicted molar refractivity (Wildman–Crippen MR) is 106 cm³/mol. The molecule has 0 atom stereocenters. The van der Waals surface area contributed by atoms with Crippen molar-refractivity contribution in [2.45, 2.75) is 38.5 Å². The number of nitrogens with one attached hydrogen (secondary N) is 2. The number of carbonyl (C=O) groups excluding carboxylic acids is 1. The van der Waals surface area contributed by atoms with Gasteiger partial charge in [0.05, 0.1) is 0 Å². The first-order valence-electron chi connectivity index (χ1n) is 9.62. The summed E-state index contributed by atoms with van der Waals surface area (Å²) in [5.74, 6) is -0.492. The van der Waals surface area contributed by atoms with Crippen molar-refractivity contribution in [3.05, 3.63) is 71.3 Å². The third-order valence-electron chi connectivity index (χ3n) is 4.79. The number of amides is 1. The van der Waals surface area contributed by atoms with E-state index < -0.39 is 0 Å². The molecule has 0 saturated carbocycles. The van der Waals surface area contributed by atoms with E-state index in [0.717, 1.165) is 18.7 Å². The Kier molecular flexibility index (Phi) is 6.97. The second-order valence-corrected chi connectivity index (χ2v) is 6.81. The number of carbonyl (C=O) groups is 1. The smallest absolute Gasteiger partial charge is 0.269 e. The molecule has 1 aliphatic rings. The number of aromatic nitrogens is 1. The largest absolute Gasteiger partial charge is 0.385 e. The van der Waals surface area contributed by atoms with Crippen molar-refractivity contribution in [1.82, 2.24) is 10.3 Å². The van der Waals surface area contributed by atoms with Crippen LogP contribution in [-0.4, -0.2) is 24.0 Å². The van der Waals surface area contributed by atoms with Gasteiger partial charge in [0.1, 0.15) is 11.5 Å². The number of hydrogen-bond acceptors (Lipinski definition) is 3. The summed E-state index contributed by atoms with van der Waals surface area (Å²) in [7, 11) is 0. The fraction of sp³-hybridized carbons (Fsp3) is 0.364. The van der Waals surface area contributed by atoms with Gasteiger partial charge in [-0.1, -0.05) is 29.8 Å². The van der Waals surface area contributed by atoms with Crippen LogP contribution in [-0.2, 0) is 6.42 Å². The van der Waals surface area contributed by atoms with Gasteiger partial charge in [0.25, 0.3) is 5.91 Å². The van der Waals surface area contributed by atoms with Gasteiger partial charge in [0, 0.05) is 25.0 Å². The molecular weight excluding hydrogens is 341 g/mol. The normalized spacial score (nSPS) is 13.7. The highest BCUT2D eigenvalue weighted by atomic mass is 19.1. The summed E-state index contributed by atoms with van der Waals surface area (Å²) in [5, 5.41) is 6.17. The fourth-order valence-corrected chi connectivity index (χ4v) is 3.27. The molecule has 0 unspecified atom stereocenters. The Morgan fingerprint density at radius 3 is 2.81 bits per heavy atom. The second-order valence-electron chi connectivity index (χ2n) is 6.81. The molecule has 4 nitrogen and oxygen atoms in total. The van der Waals surface area contributed by atoms with E-state index in [2.05, 4.69) is 21.7 Å². The Bertz CT molecular complexity index is 804. The maximum absolute atomic E-state index is 13.6. The zero-order chi connectivity index (χ0) is 18.9. The van der Waals surface area contributed by atoms with Crippen molar-refractivity contribution in [2.75, 3.05) is 18.4 Å². The molecule has 0 aliphatic heterocycles. The molecule has 0 fully saturated rings. The van der Waals surface area contributed by atoms with Gasteiger partial charge in [-0.15, -0.1) is 0 Å². The summed E-state index contributed by atoms with van der Waals surface area (Å²) in [4.78, 5) is 16.4. The van der Waals surface area contributed by atoms with Crippen LogP contribution in [0.2, 0.25) is 0 Å². The van der Waals surface area contributed by atoms with Crippen LogP contribution >= 0.6 is 0 Å². The van der Waals surface area contributed by atoms with E-state index in [-0.39, 0.29) is 11.7 Å². The maximum Gasteiger partial charge on any atom is 0.269 e. The summed E-state index contributed by atoms with van der Waals surface area (Å²) in [6.45, 7) is 1.22. The summed E-state index contributed by atoms with van der Waals surface area (Å²) in [5.41, 5.74) is 3.37. The highest BCUT2D eigenvalue weighted by Crippen LogP contribution is 2.20. The van der Waals surface area contributed by atoms with Crippen LogP contribution in [0.5, 0.6) is 0 Å². The number of hydrogen-bond donors (Lipinski definition) is 2. The topological polar surface area (TPSA) is 54.0 Å². The van der Waals surface area contributed by atoms with Crippen molar-refractivity contribution >= 4 is 11.6 Å². The molecule has 2 aromatic rings. The average molecular weight is 367 g/mol. The number of pyridine rings is 1. The number of benzene rings is 1. The quantitative estimate of drug-likeness (QED) is 0.676. The maximum atomic E-state index is 13.6. The van der Waals surface area contributed by atoms with Crippen molar-refractivity contribution in [3.63, 3.8) is 0 Å². The minimum Gasteiger partial charge on any atom is -0.385 e. The number of halogens is 1. The number of rotatable bonds is 8. The van der Waals surface area contributed by atoms with Crippen LogP contribution < -0.4 is 10.6 Å². The standard InChI is InChI=1S/C22H26FN3O/c23-20-9-5-4-8-18(20)11-14-26-22(27)21-16-19(12-15-25-21)24-13-10-17-6-2-1-3-7-17/h4-6,8-9,12,15-16H,1-3,7,10-11,13-14H2,(H,24,25)(H,26,27). The number of allylic oxidation sites excluding steroid dienone is 1. The number of nitrogens with zero attached hydrogens (tertiary/aromatic N) is 1. The lowest BCUT2D eigenvalue weighted by atomic mass is 9.97. The van der Waals surface area contributed by atoms with Gasteiger partial charge >= 0.3 is 0 Å². The van der Waals surface area contributed by atoms with E-state index in [1.54, 1.807) is 30.5 Å². The zero-order valence-electron chi connectivity index (χ0n) is 15.5. The fourth-order valence-electron chi connectivity index (χ4n) is 3.27. The van der Waals surface area contributed by atoms with E-state index in [1.807, 2.05) is 6.07 Å². The molecule has 1 aliphatic carbocycles. The summed E-state index contributed by atoms with van der Waals surface area (Å²) < 4.78 is 13.6. The Labute approximate surface area is 159 Å². The van der Waals surface area contributed by atoms with Crippen molar-refractivity contribution in [3.8, 4) is 0 Å². The van der Waals surface area contributed by atoms with Gasteiger partial charge in [-0.3, -0.25) is 9.78 Å². The lowest BCUT2D eigenvalue weighted by Crippen LogP contribution is -2.26. The molecule has 1 amide bonds. The minimum atomic E-state index is -0.246.